The zero-order chi connectivity index (χ0) is 13.7. The Hall–Kier alpha value is -0.680. The molecule has 1 aromatic carbocycles. The lowest BCUT2D eigenvalue weighted by atomic mass is 9.98. The average molecular weight is 337 g/mol. The predicted molar refractivity (Wildman–Crippen MR) is 91.3 cm³/mol. The molecular formula is C15H26Cl2N2O2. The summed E-state index contributed by atoms with van der Waals surface area (Å²) in [5.41, 5.74) is 8.28. The van der Waals surface area contributed by atoms with Gasteiger partial charge in [-0.05, 0) is 55.6 Å². The second-order valence-corrected chi connectivity index (χ2v) is 5.00. The summed E-state index contributed by atoms with van der Waals surface area (Å²) in [6, 6.07) is 4.23. The van der Waals surface area contributed by atoms with Crippen molar-refractivity contribution in [2.75, 3.05) is 33.9 Å². The zero-order valence-corrected chi connectivity index (χ0v) is 14.4. The van der Waals surface area contributed by atoms with E-state index < -0.39 is 0 Å². The summed E-state index contributed by atoms with van der Waals surface area (Å²) in [6.07, 6.45) is 3.37. The minimum atomic E-state index is 0. The van der Waals surface area contributed by atoms with Gasteiger partial charge in [-0.15, -0.1) is 24.8 Å². The molecule has 2 N–H and O–H groups in total. The third-order valence-corrected chi connectivity index (χ3v) is 3.73. The number of rotatable bonds is 6. The Morgan fingerprint density at radius 2 is 1.67 bits per heavy atom. The third-order valence-electron chi connectivity index (χ3n) is 3.73. The highest BCUT2D eigenvalue weighted by molar-refractivity contribution is 5.85. The molecule has 0 saturated heterocycles. The van der Waals surface area contributed by atoms with Crippen LogP contribution < -0.4 is 15.2 Å². The topological polar surface area (TPSA) is 47.7 Å². The molecule has 2 rings (SSSR count). The van der Waals surface area contributed by atoms with Crippen LogP contribution in [-0.4, -0.2) is 38.8 Å². The Morgan fingerprint density at radius 3 is 2.24 bits per heavy atom. The van der Waals surface area contributed by atoms with Crippen LogP contribution in [0, 0.1) is 0 Å². The van der Waals surface area contributed by atoms with Gasteiger partial charge in [0.1, 0.15) is 0 Å². The minimum Gasteiger partial charge on any atom is -0.493 e. The number of hydrogen-bond donors (Lipinski definition) is 1. The number of methoxy groups -OCH3 is 2. The molecule has 1 aliphatic heterocycles. The normalized spacial score (nSPS) is 13.7. The van der Waals surface area contributed by atoms with Crippen molar-refractivity contribution in [1.82, 2.24) is 4.90 Å². The Morgan fingerprint density at radius 1 is 1.05 bits per heavy atom. The molecule has 6 heteroatoms. The molecule has 1 aromatic rings. The van der Waals surface area contributed by atoms with Crippen LogP contribution >= 0.6 is 24.8 Å². The lowest BCUT2D eigenvalue weighted by Crippen LogP contribution is -2.31. The molecule has 0 atom stereocenters. The molecule has 1 aliphatic rings. The van der Waals surface area contributed by atoms with E-state index in [1.165, 1.54) is 17.5 Å². The highest BCUT2D eigenvalue weighted by atomic mass is 35.5. The number of nitrogens with zero attached hydrogens (tertiary/aromatic N) is 1. The summed E-state index contributed by atoms with van der Waals surface area (Å²) in [7, 11) is 3.37. The lowest BCUT2D eigenvalue weighted by Gasteiger charge is -2.29. The highest BCUT2D eigenvalue weighted by Gasteiger charge is 2.18. The van der Waals surface area contributed by atoms with E-state index in [-0.39, 0.29) is 24.8 Å². The van der Waals surface area contributed by atoms with Gasteiger partial charge in [0.05, 0.1) is 14.2 Å². The molecule has 0 saturated carbocycles. The average Bonchev–Trinajstić information content (AvgIpc) is 2.46. The number of hydrogen-bond acceptors (Lipinski definition) is 4. The van der Waals surface area contributed by atoms with E-state index >= 15 is 0 Å². The molecule has 122 valence electrons. The first-order valence-corrected chi connectivity index (χ1v) is 6.94. The highest BCUT2D eigenvalue weighted by Crippen LogP contribution is 2.33. The number of nitrogens with two attached hydrogens (primary N) is 1. The van der Waals surface area contributed by atoms with Crippen molar-refractivity contribution >= 4 is 24.8 Å². The maximum Gasteiger partial charge on any atom is 0.161 e. The number of fused-ring (bicyclic) bond motifs is 1. The maximum absolute atomic E-state index is 5.54. The van der Waals surface area contributed by atoms with E-state index in [4.69, 9.17) is 15.2 Å². The van der Waals surface area contributed by atoms with E-state index in [1.54, 1.807) is 14.2 Å². The fraction of sp³-hybridized carbons (Fsp3) is 0.600. The van der Waals surface area contributed by atoms with E-state index in [2.05, 4.69) is 17.0 Å². The Bertz CT molecular complexity index is 430. The molecule has 0 aromatic heterocycles. The zero-order valence-electron chi connectivity index (χ0n) is 12.8. The summed E-state index contributed by atoms with van der Waals surface area (Å²) >= 11 is 0. The van der Waals surface area contributed by atoms with Gasteiger partial charge < -0.3 is 15.2 Å². The van der Waals surface area contributed by atoms with Crippen molar-refractivity contribution in [3.05, 3.63) is 23.3 Å². The molecule has 0 bridgehead atoms. The molecule has 21 heavy (non-hydrogen) atoms. The standard InChI is InChI=1S/C15H24N2O2.2ClH/c1-18-14-9-12-5-8-17(7-4-3-6-16)11-13(12)10-15(14)19-2;;/h9-10H,3-8,11,16H2,1-2H3;2*1H. The third kappa shape index (κ3) is 5.22. The van der Waals surface area contributed by atoms with Crippen LogP contribution in [0.15, 0.2) is 12.1 Å². The lowest BCUT2D eigenvalue weighted by molar-refractivity contribution is 0.248. The maximum atomic E-state index is 5.54. The van der Waals surface area contributed by atoms with Gasteiger partial charge in [-0.1, -0.05) is 0 Å². The number of benzene rings is 1. The van der Waals surface area contributed by atoms with Crippen LogP contribution in [0.4, 0.5) is 0 Å². The summed E-state index contributed by atoms with van der Waals surface area (Å²) in [5.74, 6) is 1.66. The van der Waals surface area contributed by atoms with E-state index in [9.17, 15) is 0 Å². The largest absolute Gasteiger partial charge is 0.493 e. The molecule has 0 spiro atoms. The van der Waals surface area contributed by atoms with Crippen LogP contribution in [0.5, 0.6) is 11.5 Å². The van der Waals surface area contributed by atoms with Gasteiger partial charge in [0.25, 0.3) is 0 Å². The number of ether oxygens (including phenoxy) is 2. The smallest absolute Gasteiger partial charge is 0.161 e. The molecule has 0 radical (unpaired) electrons. The Balaban J connectivity index is 0.00000200. The van der Waals surface area contributed by atoms with Crippen LogP contribution in [0.1, 0.15) is 24.0 Å². The van der Waals surface area contributed by atoms with Gasteiger partial charge in [0, 0.05) is 13.1 Å². The SMILES string of the molecule is COc1cc2c(cc1OC)CN(CCCCN)CC2.Cl.Cl. The van der Waals surface area contributed by atoms with Crippen LogP contribution in [-0.2, 0) is 13.0 Å². The molecule has 1 heterocycles. The van der Waals surface area contributed by atoms with Gasteiger partial charge in [0.15, 0.2) is 11.5 Å². The van der Waals surface area contributed by atoms with Gasteiger partial charge in [-0.2, -0.15) is 0 Å². The minimum absolute atomic E-state index is 0. The van der Waals surface area contributed by atoms with E-state index in [0.717, 1.165) is 50.5 Å². The number of halogens is 2. The first-order chi connectivity index (χ1) is 9.28. The van der Waals surface area contributed by atoms with E-state index in [1.807, 2.05) is 0 Å². The van der Waals surface area contributed by atoms with Crippen molar-refractivity contribution in [3.8, 4) is 11.5 Å². The van der Waals surface area contributed by atoms with Crippen molar-refractivity contribution < 1.29 is 9.47 Å². The fourth-order valence-electron chi connectivity index (χ4n) is 2.61. The van der Waals surface area contributed by atoms with Crippen molar-refractivity contribution in [2.24, 2.45) is 5.73 Å². The fourth-order valence-corrected chi connectivity index (χ4v) is 2.61. The first-order valence-electron chi connectivity index (χ1n) is 6.94. The van der Waals surface area contributed by atoms with Gasteiger partial charge in [-0.25, -0.2) is 0 Å². The summed E-state index contributed by atoms with van der Waals surface area (Å²) in [6.45, 7) is 4.04. The second kappa shape index (κ2) is 10.1. The summed E-state index contributed by atoms with van der Waals surface area (Å²) in [4.78, 5) is 2.49. The van der Waals surface area contributed by atoms with Crippen molar-refractivity contribution in [1.29, 1.82) is 0 Å². The van der Waals surface area contributed by atoms with E-state index in [0.29, 0.717) is 0 Å². The van der Waals surface area contributed by atoms with Crippen LogP contribution in [0.25, 0.3) is 0 Å². The molecule has 0 unspecified atom stereocenters. The summed E-state index contributed by atoms with van der Waals surface area (Å²) < 4.78 is 10.7. The molecule has 0 amide bonds. The van der Waals surface area contributed by atoms with Crippen molar-refractivity contribution in [3.63, 3.8) is 0 Å². The first kappa shape index (κ1) is 20.3. The second-order valence-electron chi connectivity index (χ2n) is 5.00. The predicted octanol–water partition coefficient (Wildman–Crippen LogP) is 2.64. The molecular weight excluding hydrogens is 311 g/mol. The molecule has 4 nitrogen and oxygen atoms in total. The van der Waals surface area contributed by atoms with Crippen LogP contribution in [0.2, 0.25) is 0 Å². The van der Waals surface area contributed by atoms with Crippen LogP contribution in [0.3, 0.4) is 0 Å². The quantitative estimate of drug-likeness (QED) is 0.811. The van der Waals surface area contributed by atoms with Gasteiger partial charge >= 0.3 is 0 Å². The number of unbranched alkanes of at least 4 members (excludes halogenated alkanes) is 1. The summed E-state index contributed by atoms with van der Waals surface area (Å²) in [5, 5.41) is 0. The van der Waals surface area contributed by atoms with Gasteiger partial charge in [0.2, 0.25) is 0 Å². The van der Waals surface area contributed by atoms with Gasteiger partial charge in [-0.3, -0.25) is 4.90 Å². The molecule has 0 fully saturated rings. The van der Waals surface area contributed by atoms with Crippen molar-refractivity contribution in [2.45, 2.75) is 25.8 Å². The Labute approximate surface area is 139 Å². The molecule has 0 aliphatic carbocycles. The monoisotopic (exact) mass is 336 g/mol. The Kier molecular flexibility index (Phi) is 9.79.